The lowest BCUT2D eigenvalue weighted by Gasteiger charge is -2.16. The number of benzene rings is 3. The summed E-state index contributed by atoms with van der Waals surface area (Å²) in [5.41, 5.74) is 4.33. The van der Waals surface area contributed by atoms with Gasteiger partial charge in [-0.2, -0.15) is 5.26 Å². The van der Waals surface area contributed by atoms with Crippen molar-refractivity contribution >= 4 is 39.8 Å². The number of methoxy groups -OCH3 is 2. The second-order valence-corrected chi connectivity index (χ2v) is 11.2. The third kappa shape index (κ3) is 6.70. The number of anilines is 1. The van der Waals surface area contributed by atoms with Crippen LogP contribution < -0.4 is 14.8 Å². The molecule has 0 bridgehead atoms. The van der Waals surface area contributed by atoms with E-state index < -0.39 is 4.92 Å². The van der Waals surface area contributed by atoms with E-state index in [0.717, 1.165) is 5.56 Å². The molecule has 0 spiro atoms. The van der Waals surface area contributed by atoms with Crippen LogP contribution in [0.5, 0.6) is 11.5 Å². The number of pyridine rings is 1. The first-order valence-corrected chi connectivity index (χ1v) is 15.1. The maximum Gasteiger partial charge on any atom is 0.270 e. The third-order valence-corrected chi connectivity index (χ3v) is 8.27. The number of aromatic nitrogens is 2. The minimum Gasteiger partial charge on any atom is -0.493 e. The zero-order valence-electron chi connectivity index (χ0n) is 23.6. The predicted octanol–water partition coefficient (Wildman–Crippen LogP) is 7.46. The van der Waals surface area contributed by atoms with Crippen molar-refractivity contribution in [1.29, 1.82) is 5.26 Å². The Labute approximate surface area is 261 Å². The van der Waals surface area contributed by atoms with Gasteiger partial charge in [-0.05, 0) is 12.1 Å². The fourth-order valence-corrected chi connectivity index (χ4v) is 6.15. The Bertz CT molecular complexity index is 1870. The zero-order chi connectivity index (χ0) is 31.1. The number of hydrogen-bond acceptors (Lipinski definition) is 10. The van der Waals surface area contributed by atoms with E-state index >= 15 is 0 Å². The van der Waals surface area contributed by atoms with Crippen LogP contribution in [0.4, 0.5) is 10.8 Å². The number of carbonyl (C=O) groups excluding carboxylic acids is 1. The summed E-state index contributed by atoms with van der Waals surface area (Å²) in [4.78, 5) is 32.7. The predicted molar refractivity (Wildman–Crippen MR) is 171 cm³/mol. The smallest absolute Gasteiger partial charge is 0.270 e. The fraction of sp³-hybridized carbons (Fsp3) is 0.125. The van der Waals surface area contributed by atoms with E-state index in [1.165, 1.54) is 35.2 Å². The lowest BCUT2D eigenvalue weighted by Crippen LogP contribution is -2.12. The molecule has 0 aliphatic carbocycles. The number of nitrogens with one attached hydrogen (secondary N) is 1. The molecular formula is C32H25N5O5S2. The Balaban J connectivity index is 1.37. The number of amides is 1. The Morgan fingerprint density at radius 2 is 1.75 bits per heavy atom. The molecule has 5 aromatic rings. The molecule has 0 aliphatic rings. The van der Waals surface area contributed by atoms with Gasteiger partial charge in [0.15, 0.2) is 16.6 Å². The Hall–Kier alpha value is -5.25. The van der Waals surface area contributed by atoms with Gasteiger partial charge in [0.2, 0.25) is 5.91 Å². The highest BCUT2D eigenvalue weighted by molar-refractivity contribution is 7.99. The molecule has 12 heteroatoms. The summed E-state index contributed by atoms with van der Waals surface area (Å²) in [5, 5.41) is 26.8. The molecule has 2 heterocycles. The van der Waals surface area contributed by atoms with E-state index in [9.17, 15) is 20.2 Å². The largest absolute Gasteiger partial charge is 0.493 e. The van der Waals surface area contributed by atoms with Crippen LogP contribution in [0.3, 0.4) is 0 Å². The summed E-state index contributed by atoms with van der Waals surface area (Å²) in [7, 11) is 3.11. The Morgan fingerprint density at radius 1 is 0.977 bits per heavy atom. The SMILES string of the molecule is COc1cccc(-c2cc(-c3ccccc3)nc(SCCC(=O)Nc3nc(-c4cccc([N+](=O)[O-])c4)cs3)c2C#N)c1OC. The monoisotopic (exact) mass is 623 g/mol. The van der Waals surface area contributed by atoms with E-state index in [4.69, 9.17) is 14.5 Å². The van der Waals surface area contributed by atoms with Crippen molar-refractivity contribution in [2.24, 2.45) is 0 Å². The molecule has 3 aromatic carbocycles. The van der Waals surface area contributed by atoms with Crippen molar-refractivity contribution < 1.29 is 19.2 Å². The number of nitriles is 1. The highest BCUT2D eigenvalue weighted by atomic mass is 32.2. The number of non-ortho nitro benzene ring substituents is 1. The van der Waals surface area contributed by atoms with Gasteiger partial charge in [-0.3, -0.25) is 14.9 Å². The number of rotatable bonds is 11. The van der Waals surface area contributed by atoms with Crippen LogP contribution in [0.25, 0.3) is 33.6 Å². The second kappa shape index (κ2) is 13.8. The first-order valence-electron chi connectivity index (χ1n) is 13.3. The van der Waals surface area contributed by atoms with Gasteiger partial charge in [-0.15, -0.1) is 23.1 Å². The van der Waals surface area contributed by atoms with Crippen LogP contribution in [0, 0.1) is 21.4 Å². The molecule has 44 heavy (non-hydrogen) atoms. The van der Waals surface area contributed by atoms with Crippen LogP contribution in [-0.4, -0.2) is 40.8 Å². The number of ether oxygens (including phenoxy) is 2. The quantitative estimate of drug-likeness (QED) is 0.0902. The van der Waals surface area contributed by atoms with E-state index in [2.05, 4.69) is 16.4 Å². The number of para-hydroxylation sites is 1. The second-order valence-electron chi connectivity index (χ2n) is 9.25. The molecule has 5 rings (SSSR count). The third-order valence-electron chi connectivity index (χ3n) is 6.53. The first-order chi connectivity index (χ1) is 21.4. The van der Waals surface area contributed by atoms with E-state index in [0.29, 0.717) is 61.1 Å². The number of nitro benzene ring substituents is 1. The van der Waals surface area contributed by atoms with Crippen LogP contribution in [0.2, 0.25) is 0 Å². The van der Waals surface area contributed by atoms with Crippen molar-refractivity contribution in [2.45, 2.75) is 11.4 Å². The number of thiazole rings is 1. The maximum atomic E-state index is 12.8. The molecule has 1 N–H and O–H groups in total. The molecule has 0 saturated carbocycles. The first kappa shape index (κ1) is 30.2. The average molecular weight is 624 g/mol. The molecule has 0 fully saturated rings. The van der Waals surface area contributed by atoms with Gasteiger partial charge in [0, 0.05) is 51.9 Å². The van der Waals surface area contributed by atoms with Gasteiger partial charge in [-0.25, -0.2) is 9.97 Å². The topological polar surface area (TPSA) is 140 Å². The van der Waals surface area contributed by atoms with Crippen LogP contribution in [0.15, 0.2) is 89.3 Å². The van der Waals surface area contributed by atoms with Crippen molar-refractivity contribution in [3.63, 3.8) is 0 Å². The lowest BCUT2D eigenvalue weighted by molar-refractivity contribution is -0.384. The number of thioether (sulfide) groups is 1. The normalized spacial score (nSPS) is 10.6. The molecule has 10 nitrogen and oxygen atoms in total. The molecule has 0 saturated heterocycles. The molecule has 220 valence electrons. The summed E-state index contributed by atoms with van der Waals surface area (Å²) < 4.78 is 11.2. The highest BCUT2D eigenvalue weighted by Crippen LogP contribution is 2.42. The highest BCUT2D eigenvalue weighted by Gasteiger charge is 2.21. The molecule has 0 radical (unpaired) electrons. The van der Waals surface area contributed by atoms with Crippen molar-refractivity contribution in [2.75, 3.05) is 25.3 Å². The van der Waals surface area contributed by atoms with Crippen LogP contribution in [0.1, 0.15) is 12.0 Å². The molecule has 0 atom stereocenters. The van der Waals surface area contributed by atoms with E-state index in [1.54, 1.807) is 37.8 Å². The summed E-state index contributed by atoms with van der Waals surface area (Å²) in [6, 6.07) is 25.5. The molecular weight excluding hydrogens is 599 g/mol. The average Bonchev–Trinajstić information content (AvgIpc) is 3.52. The lowest BCUT2D eigenvalue weighted by atomic mass is 9.98. The van der Waals surface area contributed by atoms with Crippen molar-refractivity contribution in [3.05, 3.63) is 99.9 Å². The fourth-order valence-electron chi connectivity index (χ4n) is 4.47. The summed E-state index contributed by atoms with van der Waals surface area (Å²) in [6.45, 7) is 0. The molecule has 1 amide bonds. The number of hydrogen-bond donors (Lipinski definition) is 1. The van der Waals surface area contributed by atoms with E-state index in [1.807, 2.05) is 48.5 Å². The number of nitrogens with zero attached hydrogens (tertiary/aromatic N) is 4. The maximum absolute atomic E-state index is 12.8. The summed E-state index contributed by atoms with van der Waals surface area (Å²) >= 11 is 2.54. The van der Waals surface area contributed by atoms with Crippen molar-refractivity contribution in [3.8, 4) is 51.2 Å². The summed E-state index contributed by atoms with van der Waals surface area (Å²) in [6.07, 6.45) is 0.135. The number of carbonyl (C=O) groups is 1. The Morgan fingerprint density at radius 3 is 2.48 bits per heavy atom. The minimum atomic E-state index is -0.464. The molecule has 0 unspecified atom stereocenters. The minimum absolute atomic E-state index is 0.0344. The summed E-state index contributed by atoms with van der Waals surface area (Å²) in [5.74, 6) is 1.13. The van der Waals surface area contributed by atoms with Gasteiger partial charge >= 0.3 is 0 Å². The standard InChI is InChI=1S/C32H25N5O5S2/c1-41-28-13-7-12-23(30(28)42-2)24-17-26(20-8-4-3-5-9-20)34-31(25(24)18-33)43-15-14-29(38)36-32-35-27(19-44-32)21-10-6-11-22(16-21)37(39)40/h3-13,16-17,19H,14-15H2,1-2H3,(H,35,36,38). The van der Waals surface area contributed by atoms with Crippen LogP contribution >= 0.6 is 23.1 Å². The van der Waals surface area contributed by atoms with Gasteiger partial charge in [0.05, 0.1) is 36.1 Å². The van der Waals surface area contributed by atoms with Crippen LogP contribution in [-0.2, 0) is 4.79 Å². The van der Waals surface area contributed by atoms with Gasteiger partial charge < -0.3 is 14.8 Å². The zero-order valence-corrected chi connectivity index (χ0v) is 25.3. The van der Waals surface area contributed by atoms with Crippen molar-refractivity contribution in [1.82, 2.24) is 9.97 Å². The molecule has 2 aromatic heterocycles. The molecule has 0 aliphatic heterocycles. The van der Waals surface area contributed by atoms with Gasteiger partial charge in [0.1, 0.15) is 11.1 Å². The number of nitro groups is 1. The Kier molecular flexibility index (Phi) is 9.49. The van der Waals surface area contributed by atoms with Gasteiger partial charge in [-0.1, -0.05) is 54.6 Å². The van der Waals surface area contributed by atoms with Gasteiger partial charge in [0.25, 0.3) is 5.69 Å². The van der Waals surface area contributed by atoms with E-state index in [-0.39, 0.29) is 18.0 Å².